The van der Waals surface area contributed by atoms with E-state index in [0.717, 1.165) is 0 Å². The largest absolute Gasteiger partial charge is 0.480 e. The smallest absolute Gasteiger partial charge is 0.325 e. The van der Waals surface area contributed by atoms with Gasteiger partial charge in [0.1, 0.15) is 0 Å². The fourth-order valence-corrected chi connectivity index (χ4v) is 3.75. The first kappa shape index (κ1) is 34.7. The number of carboxylic acids is 3. The zero-order valence-corrected chi connectivity index (χ0v) is 22.2. The average Bonchev–Trinajstić information content (AvgIpc) is 2.87. The van der Waals surface area contributed by atoms with Gasteiger partial charge >= 0.3 is 23.9 Å². The van der Waals surface area contributed by atoms with Crippen molar-refractivity contribution in [2.45, 2.75) is 13.8 Å². The number of nitrogens with zero attached hydrogens (tertiary/aromatic N) is 4. The van der Waals surface area contributed by atoms with Gasteiger partial charge in [-0.1, -0.05) is 13.8 Å². The number of ether oxygens (including phenoxy) is 1. The van der Waals surface area contributed by atoms with Crippen LogP contribution in [0, 0.1) is 23.3 Å². The lowest BCUT2D eigenvalue weighted by Gasteiger charge is -2.32. The minimum atomic E-state index is -1.89. The molecule has 1 aliphatic heterocycles. The van der Waals surface area contributed by atoms with E-state index in [-0.39, 0.29) is 65.0 Å². The normalized spacial score (nSPS) is 16.6. The highest BCUT2D eigenvalue weighted by Crippen LogP contribution is 2.26. The van der Waals surface area contributed by atoms with Gasteiger partial charge < -0.3 is 20.1 Å². The highest BCUT2D eigenvalue weighted by atomic mass is 19.2. The van der Waals surface area contributed by atoms with Crippen molar-refractivity contribution in [1.82, 2.24) is 19.6 Å². The number of hydrogen-bond acceptors (Lipinski definition) is 9. The van der Waals surface area contributed by atoms with Gasteiger partial charge in [0, 0.05) is 58.4 Å². The van der Waals surface area contributed by atoms with Crippen LogP contribution in [-0.2, 0) is 19.2 Å². The van der Waals surface area contributed by atoms with Crippen LogP contribution in [-0.4, -0.2) is 137 Å². The topological polar surface area (TPSA) is 151 Å². The molecule has 16 heteroatoms. The number of halogens is 4. The quantitative estimate of drug-likeness (QED) is 0.162. The second-order valence-corrected chi connectivity index (χ2v) is 8.56. The zero-order chi connectivity index (χ0) is 30.4. The van der Waals surface area contributed by atoms with E-state index in [1.165, 1.54) is 14.7 Å². The number of rotatable bonds is 9. The number of aliphatic carboxylic acids is 3. The molecule has 1 aromatic rings. The summed E-state index contributed by atoms with van der Waals surface area (Å²) in [6.07, 6.45) is 0. The highest BCUT2D eigenvalue weighted by molar-refractivity contribution is 5.74. The number of benzene rings is 1. The molecule has 0 bridgehead atoms. The van der Waals surface area contributed by atoms with E-state index in [2.05, 4.69) is 4.74 Å². The molecule has 0 aliphatic carbocycles. The molecule has 1 heterocycles. The Labute approximate surface area is 228 Å². The third kappa shape index (κ3) is 12.2. The SMILES string of the molecule is CC.O=C(O)CN1CCN(CC(=O)O)CCN(CC(=O)Oc2c(F)c(F)cc(F)c2F)CCN(CC(=O)O)CC1. The Kier molecular flexibility index (Phi) is 15.1. The molecule has 40 heavy (non-hydrogen) atoms. The summed E-state index contributed by atoms with van der Waals surface area (Å²) in [5.41, 5.74) is 0. The van der Waals surface area contributed by atoms with Crippen LogP contribution in [0.15, 0.2) is 6.07 Å². The molecule has 1 fully saturated rings. The monoisotopic (exact) mass is 582 g/mol. The van der Waals surface area contributed by atoms with E-state index < -0.39 is 72.5 Å². The van der Waals surface area contributed by atoms with Crippen molar-refractivity contribution in [1.29, 1.82) is 0 Å². The highest BCUT2D eigenvalue weighted by Gasteiger charge is 2.25. The van der Waals surface area contributed by atoms with Crippen molar-refractivity contribution in [3.8, 4) is 5.75 Å². The van der Waals surface area contributed by atoms with Crippen LogP contribution in [0.5, 0.6) is 5.75 Å². The molecule has 12 nitrogen and oxygen atoms in total. The van der Waals surface area contributed by atoms with Crippen LogP contribution in [0.1, 0.15) is 13.8 Å². The van der Waals surface area contributed by atoms with Gasteiger partial charge in [0.15, 0.2) is 11.6 Å². The van der Waals surface area contributed by atoms with E-state index in [9.17, 15) is 47.0 Å². The average molecular weight is 583 g/mol. The van der Waals surface area contributed by atoms with E-state index in [0.29, 0.717) is 0 Å². The number of carbonyl (C=O) groups is 4. The van der Waals surface area contributed by atoms with Crippen LogP contribution < -0.4 is 4.74 Å². The third-order valence-electron chi connectivity index (χ3n) is 5.65. The fourth-order valence-electron chi connectivity index (χ4n) is 3.75. The Balaban J connectivity index is 0.00000391. The van der Waals surface area contributed by atoms with Crippen molar-refractivity contribution in [2.75, 3.05) is 78.5 Å². The fraction of sp³-hybridized carbons (Fsp3) is 0.583. The van der Waals surface area contributed by atoms with Gasteiger partial charge in [0.25, 0.3) is 0 Å². The van der Waals surface area contributed by atoms with Gasteiger partial charge in [-0.2, -0.15) is 8.78 Å². The maximum atomic E-state index is 13.9. The van der Waals surface area contributed by atoms with Crippen LogP contribution in [0.25, 0.3) is 0 Å². The van der Waals surface area contributed by atoms with Gasteiger partial charge in [-0.15, -0.1) is 0 Å². The molecule has 3 N–H and O–H groups in total. The Hall–Kier alpha value is -3.34. The van der Waals surface area contributed by atoms with Crippen molar-refractivity contribution in [2.24, 2.45) is 0 Å². The van der Waals surface area contributed by atoms with E-state index in [1.54, 1.807) is 4.90 Å². The summed E-state index contributed by atoms with van der Waals surface area (Å²) in [7, 11) is 0. The summed E-state index contributed by atoms with van der Waals surface area (Å²) < 4.78 is 59.3. The molecule has 0 spiro atoms. The lowest BCUT2D eigenvalue weighted by atomic mass is 10.3. The lowest BCUT2D eigenvalue weighted by Crippen LogP contribution is -2.49. The predicted molar refractivity (Wildman–Crippen MR) is 132 cm³/mol. The minimum absolute atomic E-state index is 0.0185. The van der Waals surface area contributed by atoms with Gasteiger partial charge in [0.2, 0.25) is 17.4 Å². The summed E-state index contributed by atoms with van der Waals surface area (Å²) in [5.74, 6) is -13.5. The van der Waals surface area contributed by atoms with Crippen molar-refractivity contribution < 1.29 is 56.8 Å². The summed E-state index contributed by atoms with van der Waals surface area (Å²) in [6, 6.07) is -0.0377. The van der Waals surface area contributed by atoms with Crippen LogP contribution in [0.2, 0.25) is 0 Å². The molecule has 0 atom stereocenters. The first-order chi connectivity index (χ1) is 18.8. The summed E-state index contributed by atoms with van der Waals surface area (Å²) >= 11 is 0. The molecule has 1 saturated heterocycles. The Morgan fingerprint density at radius 1 is 0.625 bits per heavy atom. The predicted octanol–water partition coefficient (Wildman–Crippen LogP) is 0.650. The summed E-state index contributed by atoms with van der Waals surface area (Å²) in [6.45, 7) is 3.00. The standard InChI is InChI=1S/C22H28F4N4O8.C2H6/c23-14-9-15(24)21(26)22(20(14)25)38-19(37)13-30-7-5-28(11-17(33)34)3-1-27(10-16(31)32)2-4-29(6-8-30)12-18(35)36;1-2/h9H,1-8,10-13H2,(H,31,32)(H,33,34)(H,35,36);1-2H3. The van der Waals surface area contributed by atoms with E-state index in [1.807, 2.05) is 13.8 Å². The lowest BCUT2D eigenvalue weighted by molar-refractivity contribution is -0.141. The molecule has 1 aliphatic rings. The molecule has 0 unspecified atom stereocenters. The number of carbonyl (C=O) groups excluding carboxylic acids is 1. The zero-order valence-electron chi connectivity index (χ0n) is 22.2. The van der Waals surface area contributed by atoms with E-state index >= 15 is 0 Å². The molecule has 0 saturated carbocycles. The Bertz CT molecular complexity index is 975. The molecular formula is C24H34F4N4O8. The second-order valence-electron chi connectivity index (χ2n) is 8.56. The van der Waals surface area contributed by atoms with Crippen molar-refractivity contribution in [3.05, 3.63) is 29.3 Å². The number of esters is 1. The van der Waals surface area contributed by atoms with Gasteiger partial charge in [-0.25, -0.2) is 8.78 Å². The second kappa shape index (κ2) is 17.4. The third-order valence-corrected chi connectivity index (χ3v) is 5.65. The number of carboxylic acid groups (broad SMARTS) is 3. The maximum Gasteiger partial charge on any atom is 0.325 e. The minimum Gasteiger partial charge on any atom is -0.480 e. The molecule has 0 amide bonds. The summed E-state index contributed by atoms with van der Waals surface area (Å²) in [4.78, 5) is 52.2. The van der Waals surface area contributed by atoms with Crippen LogP contribution in [0.3, 0.4) is 0 Å². The van der Waals surface area contributed by atoms with Crippen LogP contribution >= 0.6 is 0 Å². The molecule has 0 radical (unpaired) electrons. The van der Waals surface area contributed by atoms with Gasteiger partial charge in [0.05, 0.1) is 26.2 Å². The summed E-state index contributed by atoms with van der Waals surface area (Å²) in [5, 5.41) is 27.6. The first-order valence-corrected chi connectivity index (χ1v) is 12.4. The molecule has 226 valence electrons. The van der Waals surface area contributed by atoms with Gasteiger partial charge in [-0.05, 0) is 0 Å². The number of hydrogen-bond donors (Lipinski definition) is 3. The van der Waals surface area contributed by atoms with Crippen molar-refractivity contribution in [3.63, 3.8) is 0 Å². The van der Waals surface area contributed by atoms with E-state index in [4.69, 9.17) is 5.11 Å². The first-order valence-electron chi connectivity index (χ1n) is 12.4. The van der Waals surface area contributed by atoms with Crippen LogP contribution in [0.4, 0.5) is 17.6 Å². The molecule has 2 rings (SSSR count). The Morgan fingerprint density at radius 3 is 1.18 bits per heavy atom. The maximum absolute atomic E-state index is 13.9. The Morgan fingerprint density at radius 2 is 0.900 bits per heavy atom. The molecule has 1 aromatic carbocycles. The van der Waals surface area contributed by atoms with Gasteiger partial charge in [-0.3, -0.25) is 38.8 Å². The van der Waals surface area contributed by atoms with Crippen molar-refractivity contribution >= 4 is 23.9 Å². The molecular weight excluding hydrogens is 548 g/mol. The molecule has 0 aromatic heterocycles.